The quantitative estimate of drug-likeness (QED) is 0.439. The molecule has 3 rings (SSSR count). The van der Waals surface area contributed by atoms with Gasteiger partial charge in [0.2, 0.25) is 12.2 Å². The first-order valence-electron chi connectivity index (χ1n) is 9.67. The van der Waals surface area contributed by atoms with Crippen molar-refractivity contribution >= 4 is 45.4 Å². The van der Waals surface area contributed by atoms with Gasteiger partial charge >= 0.3 is 17.9 Å². The van der Waals surface area contributed by atoms with Crippen molar-refractivity contribution in [3.63, 3.8) is 0 Å². The van der Waals surface area contributed by atoms with Crippen LogP contribution in [0.1, 0.15) is 20.7 Å². The third-order valence-corrected chi connectivity index (χ3v) is 5.09. The standard InChI is InChI=1S/C24H18BrNO7/c25-17-13-7-8-14-18(17)26-21(27)19(32-23(30)15-9-3-1-4-10-15)20(22(28)29)33-24(31)16-11-5-2-6-12-16/h1-14,19-20H,(H,26,27)(H,28,29)/t19-,20+/m1/s1. The molecule has 0 aliphatic heterocycles. The van der Waals surface area contributed by atoms with E-state index in [1.807, 2.05) is 0 Å². The Hall–Kier alpha value is -3.98. The summed E-state index contributed by atoms with van der Waals surface area (Å²) in [6, 6.07) is 22.0. The predicted molar refractivity (Wildman–Crippen MR) is 122 cm³/mol. The van der Waals surface area contributed by atoms with Crippen LogP contribution in [-0.2, 0) is 19.1 Å². The number of hydrogen-bond acceptors (Lipinski definition) is 6. The van der Waals surface area contributed by atoms with Crippen molar-refractivity contribution in [2.45, 2.75) is 12.2 Å². The lowest BCUT2D eigenvalue weighted by atomic mass is 10.1. The number of carboxylic acid groups (broad SMARTS) is 1. The largest absolute Gasteiger partial charge is 0.478 e. The monoisotopic (exact) mass is 511 g/mol. The number of benzene rings is 3. The van der Waals surface area contributed by atoms with Gasteiger partial charge in [0.05, 0.1) is 16.8 Å². The minimum absolute atomic E-state index is 0.0723. The highest BCUT2D eigenvalue weighted by molar-refractivity contribution is 9.10. The van der Waals surface area contributed by atoms with Gasteiger partial charge < -0.3 is 19.9 Å². The van der Waals surface area contributed by atoms with Gasteiger partial charge in [-0.15, -0.1) is 0 Å². The zero-order chi connectivity index (χ0) is 23.8. The lowest BCUT2D eigenvalue weighted by molar-refractivity contribution is -0.157. The van der Waals surface area contributed by atoms with Crippen LogP contribution in [0, 0.1) is 0 Å². The maximum Gasteiger partial charge on any atom is 0.349 e. The van der Waals surface area contributed by atoms with E-state index in [0.717, 1.165) is 0 Å². The minimum atomic E-state index is -2.10. The summed E-state index contributed by atoms with van der Waals surface area (Å²) in [6.07, 6.45) is -4.08. The number of esters is 2. The Morgan fingerprint density at radius 3 is 1.64 bits per heavy atom. The Kier molecular flexibility index (Phi) is 7.93. The fourth-order valence-electron chi connectivity index (χ4n) is 2.78. The second kappa shape index (κ2) is 11.1. The molecule has 8 nitrogen and oxygen atoms in total. The lowest BCUT2D eigenvalue weighted by Gasteiger charge is -2.23. The van der Waals surface area contributed by atoms with Crippen molar-refractivity contribution in [1.29, 1.82) is 0 Å². The molecule has 0 aliphatic carbocycles. The van der Waals surface area contributed by atoms with Gasteiger partial charge in [-0.2, -0.15) is 0 Å². The highest BCUT2D eigenvalue weighted by Crippen LogP contribution is 2.23. The van der Waals surface area contributed by atoms with Crippen LogP contribution in [0.2, 0.25) is 0 Å². The molecular weight excluding hydrogens is 494 g/mol. The van der Waals surface area contributed by atoms with E-state index in [4.69, 9.17) is 9.47 Å². The Balaban J connectivity index is 1.91. The highest BCUT2D eigenvalue weighted by atomic mass is 79.9. The number of anilines is 1. The Labute approximate surface area is 197 Å². The summed E-state index contributed by atoms with van der Waals surface area (Å²) in [5, 5.41) is 12.2. The van der Waals surface area contributed by atoms with Crippen LogP contribution in [0.25, 0.3) is 0 Å². The average Bonchev–Trinajstić information content (AvgIpc) is 2.83. The fourth-order valence-corrected chi connectivity index (χ4v) is 3.16. The number of hydrogen-bond donors (Lipinski definition) is 2. The minimum Gasteiger partial charge on any atom is -0.478 e. The van der Waals surface area contributed by atoms with Gasteiger partial charge in [0.25, 0.3) is 5.91 Å². The third-order valence-electron chi connectivity index (χ3n) is 4.40. The highest BCUT2D eigenvalue weighted by Gasteiger charge is 2.41. The van der Waals surface area contributed by atoms with Crippen LogP contribution in [0.15, 0.2) is 89.4 Å². The number of nitrogens with one attached hydrogen (secondary N) is 1. The average molecular weight is 512 g/mol. The first-order chi connectivity index (χ1) is 15.9. The van der Waals surface area contributed by atoms with E-state index in [-0.39, 0.29) is 11.1 Å². The molecule has 9 heteroatoms. The van der Waals surface area contributed by atoms with Crippen molar-refractivity contribution in [3.05, 3.63) is 101 Å². The number of carbonyl (C=O) groups is 4. The van der Waals surface area contributed by atoms with E-state index in [9.17, 15) is 24.3 Å². The molecule has 0 bridgehead atoms. The van der Waals surface area contributed by atoms with Gasteiger partial charge in [-0.1, -0.05) is 48.5 Å². The van der Waals surface area contributed by atoms with E-state index in [1.54, 1.807) is 60.7 Å². The molecule has 0 unspecified atom stereocenters. The second-order valence-electron chi connectivity index (χ2n) is 6.69. The molecule has 3 aromatic rings. The van der Waals surface area contributed by atoms with Gasteiger partial charge in [-0.25, -0.2) is 14.4 Å². The fraction of sp³-hybridized carbons (Fsp3) is 0.0833. The van der Waals surface area contributed by atoms with Crippen molar-refractivity contribution in [3.8, 4) is 0 Å². The SMILES string of the molecule is O=C(O[C@H](C(=O)O)[C@@H](OC(=O)c1ccccc1)C(=O)Nc1ccccc1Br)c1ccccc1. The van der Waals surface area contributed by atoms with Gasteiger partial charge in [-0.3, -0.25) is 4.79 Å². The molecule has 1 amide bonds. The van der Waals surface area contributed by atoms with E-state index < -0.39 is 36.0 Å². The molecule has 0 radical (unpaired) electrons. The topological polar surface area (TPSA) is 119 Å². The number of amides is 1. The normalized spacial score (nSPS) is 12.2. The maximum atomic E-state index is 13.0. The van der Waals surface area contributed by atoms with Gasteiger partial charge in [-0.05, 0) is 52.3 Å². The second-order valence-corrected chi connectivity index (χ2v) is 7.55. The number of rotatable bonds is 8. The molecule has 0 saturated carbocycles. The van der Waals surface area contributed by atoms with Gasteiger partial charge in [0, 0.05) is 4.47 Å². The molecule has 0 spiro atoms. The molecule has 2 atom stereocenters. The maximum absolute atomic E-state index is 13.0. The summed E-state index contributed by atoms with van der Waals surface area (Å²) in [5.41, 5.74) is 0.472. The van der Waals surface area contributed by atoms with E-state index >= 15 is 0 Å². The molecule has 33 heavy (non-hydrogen) atoms. The van der Waals surface area contributed by atoms with E-state index in [1.165, 1.54) is 24.3 Å². The van der Waals surface area contributed by atoms with Crippen LogP contribution in [-0.4, -0.2) is 41.1 Å². The Morgan fingerprint density at radius 2 is 1.15 bits per heavy atom. The molecule has 0 aromatic heterocycles. The van der Waals surface area contributed by atoms with Crippen LogP contribution >= 0.6 is 15.9 Å². The summed E-state index contributed by atoms with van der Waals surface area (Å²) >= 11 is 3.27. The molecule has 0 fully saturated rings. The molecular formula is C24H18BrNO7. The zero-order valence-corrected chi connectivity index (χ0v) is 18.6. The summed E-state index contributed by atoms with van der Waals surface area (Å²) in [6.45, 7) is 0. The summed E-state index contributed by atoms with van der Waals surface area (Å²) < 4.78 is 10.9. The molecule has 168 valence electrons. The number of para-hydroxylation sites is 1. The van der Waals surface area contributed by atoms with Crippen molar-refractivity contribution in [2.75, 3.05) is 5.32 Å². The Morgan fingerprint density at radius 1 is 0.697 bits per heavy atom. The lowest BCUT2D eigenvalue weighted by Crippen LogP contribution is -2.48. The van der Waals surface area contributed by atoms with Crippen molar-refractivity contribution in [2.24, 2.45) is 0 Å². The number of halogens is 1. The molecule has 0 saturated heterocycles. The summed E-state index contributed by atoms with van der Waals surface area (Å²) in [7, 11) is 0. The molecule has 0 heterocycles. The van der Waals surface area contributed by atoms with Gasteiger partial charge in [0.15, 0.2) is 0 Å². The van der Waals surface area contributed by atoms with Crippen LogP contribution < -0.4 is 5.32 Å². The predicted octanol–water partition coefficient (Wildman–Crippen LogP) is 3.92. The van der Waals surface area contributed by atoms with E-state index in [0.29, 0.717) is 10.2 Å². The summed E-state index contributed by atoms with van der Waals surface area (Å²) in [5.74, 6) is -4.59. The van der Waals surface area contributed by atoms with Crippen LogP contribution in [0.3, 0.4) is 0 Å². The van der Waals surface area contributed by atoms with Gasteiger partial charge in [0.1, 0.15) is 0 Å². The van der Waals surface area contributed by atoms with Crippen LogP contribution in [0.4, 0.5) is 5.69 Å². The smallest absolute Gasteiger partial charge is 0.349 e. The van der Waals surface area contributed by atoms with Crippen molar-refractivity contribution < 1.29 is 33.8 Å². The Bertz CT molecular complexity index is 1150. The number of carboxylic acids is 1. The zero-order valence-electron chi connectivity index (χ0n) is 17.0. The first kappa shape index (κ1) is 23.7. The number of carbonyl (C=O) groups excluding carboxylic acids is 3. The number of ether oxygens (including phenoxy) is 2. The number of aliphatic carboxylic acids is 1. The molecule has 2 N–H and O–H groups in total. The first-order valence-corrected chi connectivity index (χ1v) is 10.5. The summed E-state index contributed by atoms with van der Waals surface area (Å²) in [4.78, 5) is 50.1. The van der Waals surface area contributed by atoms with E-state index in [2.05, 4.69) is 21.2 Å². The molecule has 3 aromatic carbocycles. The molecule has 0 aliphatic rings. The van der Waals surface area contributed by atoms with Crippen molar-refractivity contribution in [1.82, 2.24) is 0 Å². The van der Waals surface area contributed by atoms with Crippen LogP contribution in [0.5, 0.6) is 0 Å². The third kappa shape index (κ3) is 6.27.